The van der Waals surface area contributed by atoms with E-state index in [2.05, 4.69) is 30.6 Å². The van der Waals surface area contributed by atoms with Crippen molar-refractivity contribution in [1.29, 1.82) is 0 Å². The number of hydrogen-bond donors (Lipinski definition) is 2. The molecule has 122 valence electrons. The van der Waals surface area contributed by atoms with E-state index in [1.807, 2.05) is 30.3 Å². The Balaban J connectivity index is 1.53. The van der Waals surface area contributed by atoms with Gasteiger partial charge >= 0.3 is 0 Å². The Morgan fingerprint density at radius 2 is 1.76 bits per heavy atom. The van der Waals surface area contributed by atoms with Gasteiger partial charge in [0.05, 0.1) is 11.2 Å². The predicted molar refractivity (Wildman–Crippen MR) is 97.1 cm³/mol. The molecule has 3 aromatic heterocycles. The van der Waals surface area contributed by atoms with Gasteiger partial charge in [0.15, 0.2) is 5.13 Å². The maximum atomic E-state index is 12.5. The van der Waals surface area contributed by atoms with Crippen molar-refractivity contribution < 1.29 is 4.79 Å². The first kappa shape index (κ1) is 15.2. The number of fused-ring (bicyclic) bond motifs is 1. The topological polar surface area (TPSA) is 92.7 Å². The summed E-state index contributed by atoms with van der Waals surface area (Å²) in [6.45, 7) is 0. The summed E-state index contributed by atoms with van der Waals surface area (Å²) < 4.78 is 0. The van der Waals surface area contributed by atoms with Crippen LogP contribution in [0.25, 0.3) is 10.9 Å². The number of nitrogens with one attached hydrogen (secondary N) is 2. The van der Waals surface area contributed by atoms with Crippen LogP contribution in [0.15, 0.2) is 60.4 Å². The van der Waals surface area contributed by atoms with Crippen molar-refractivity contribution in [2.45, 2.75) is 0 Å². The van der Waals surface area contributed by atoms with E-state index in [0.29, 0.717) is 22.5 Å². The smallest absolute Gasteiger partial charge is 0.275 e. The van der Waals surface area contributed by atoms with Crippen molar-refractivity contribution >= 4 is 44.9 Å². The fourth-order valence-electron chi connectivity index (χ4n) is 2.29. The minimum Gasteiger partial charge on any atom is -0.319 e. The van der Waals surface area contributed by atoms with E-state index in [4.69, 9.17) is 0 Å². The van der Waals surface area contributed by atoms with E-state index in [9.17, 15) is 4.79 Å². The summed E-state index contributed by atoms with van der Waals surface area (Å²) in [4.78, 5) is 29.2. The van der Waals surface area contributed by atoms with Crippen LogP contribution in [-0.2, 0) is 0 Å². The van der Waals surface area contributed by atoms with Crippen LogP contribution in [0.3, 0.4) is 0 Å². The number of aromatic nitrogens is 4. The molecule has 4 aromatic rings. The van der Waals surface area contributed by atoms with Gasteiger partial charge in [-0.05, 0) is 18.2 Å². The number of amides is 1. The summed E-state index contributed by atoms with van der Waals surface area (Å²) in [6, 6.07) is 11.2. The highest BCUT2D eigenvalue weighted by atomic mass is 32.1. The number of rotatable bonds is 4. The van der Waals surface area contributed by atoms with Gasteiger partial charge in [0, 0.05) is 29.4 Å². The Hall–Kier alpha value is -3.39. The lowest BCUT2D eigenvalue weighted by Crippen LogP contribution is -2.13. The van der Waals surface area contributed by atoms with Crippen LogP contribution in [0.1, 0.15) is 10.5 Å². The molecule has 0 saturated heterocycles. The molecule has 0 atom stereocenters. The minimum absolute atomic E-state index is 0.295. The van der Waals surface area contributed by atoms with E-state index >= 15 is 0 Å². The average Bonchev–Trinajstić information content (AvgIpc) is 3.11. The highest BCUT2D eigenvalue weighted by molar-refractivity contribution is 7.14. The largest absolute Gasteiger partial charge is 0.319 e. The van der Waals surface area contributed by atoms with Gasteiger partial charge in [0.2, 0.25) is 5.95 Å². The zero-order valence-electron chi connectivity index (χ0n) is 12.9. The number of nitrogens with zero attached hydrogens (tertiary/aromatic N) is 4. The molecule has 0 bridgehead atoms. The van der Waals surface area contributed by atoms with Crippen LogP contribution in [0.4, 0.5) is 16.8 Å². The van der Waals surface area contributed by atoms with Gasteiger partial charge in [-0.15, -0.1) is 11.3 Å². The van der Waals surface area contributed by atoms with Crippen molar-refractivity contribution in [1.82, 2.24) is 19.9 Å². The summed E-state index contributed by atoms with van der Waals surface area (Å²) in [5, 5.41) is 9.02. The number of anilines is 3. The number of thiazole rings is 1. The van der Waals surface area contributed by atoms with Crippen molar-refractivity contribution in [2.24, 2.45) is 0 Å². The van der Waals surface area contributed by atoms with Gasteiger partial charge in [-0.2, -0.15) is 0 Å². The van der Waals surface area contributed by atoms with Crippen molar-refractivity contribution in [3.63, 3.8) is 0 Å². The number of benzene rings is 1. The molecule has 2 N–H and O–H groups in total. The normalized spacial score (nSPS) is 10.6. The summed E-state index contributed by atoms with van der Waals surface area (Å²) >= 11 is 1.31. The minimum atomic E-state index is -0.295. The second-order valence-corrected chi connectivity index (χ2v) is 5.93. The SMILES string of the molecule is O=C(Nc1cccc2cccnc12)c1csc(Nc2ncccn2)n1. The van der Waals surface area contributed by atoms with Gasteiger partial charge in [-0.1, -0.05) is 18.2 Å². The van der Waals surface area contributed by atoms with Gasteiger partial charge < -0.3 is 10.6 Å². The maximum absolute atomic E-state index is 12.5. The fraction of sp³-hybridized carbons (Fsp3) is 0. The molecule has 8 heteroatoms. The van der Waals surface area contributed by atoms with Crippen molar-refractivity contribution in [3.05, 3.63) is 66.1 Å². The highest BCUT2D eigenvalue weighted by Gasteiger charge is 2.13. The lowest BCUT2D eigenvalue weighted by Gasteiger charge is -2.06. The Kier molecular flexibility index (Phi) is 4.01. The summed E-state index contributed by atoms with van der Waals surface area (Å²) in [7, 11) is 0. The molecule has 7 nitrogen and oxygen atoms in total. The van der Waals surface area contributed by atoms with Crippen LogP contribution < -0.4 is 10.6 Å². The molecule has 0 saturated carbocycles. The Bertz CT molecular complexity index is 1030. The monoisotopic (exact) mass is 348 g/mol. The Morgan fingerprint density at radius 3 is 2.64 bits per heavy atom. The molecule has 0 spiro atoms. The van der Waals surface area contributed by atoms with Gasteiger partial charge in [0.1, 0.15) is 5.69 Å². The predicted octanol–water partition coefficient (Wildman–Crippen LogP) is 3.48. The molecule has 0 radical (unpaired) electrons. The van der Waals surface area contributed by atoms with Crippen LogP contribution >= 0.6 is 11.3 Å². The number of para-hydroxylation sites is 1. The second-order valence-electron chi connectivity index (χ2n) is 5.07. The highest BCUT2D eigenvalue weighted by Crippen LogP contribution is 2.23. The Labute approximate surface area is 146 Å². The standard InChI is InChI=1S/C17H12N6OS/c24-15(21-12-6-1-4-11-5-2-7-18-14(11)12)13-10-25-17(22-13)23-16-19-8-3-9-20-16/h1-10H,(H,21,24)(H,19,20,22,23). The van der Waals surface area contributed by atoms with E-state index < -0.39 is 0 Å². The maximum Gasteiger partial charge on any atom is 0.275 e. The van der Waals surface area contributed by atoms with E-state index in [-0.39, 0.29) is 5.91 Å². The van der Waals surface area contributed by atoms with Gasteiger partial charge in [-0.25, -0.2) is 15.0 Å². The summed E-state index contributed by atoms with van der Waals surface area (Å²) in [6.07, 6.45) is 4.96. The second kappa shape index (κ2) is 6.62. The molecule has 0 aliphatic carbocycles. The van der Waals surface area contributed by atoms with Crippen LogP contribution in [0, 0.1) is 0 Å². The first-order valence-corrected chi connectivity index (χ1v) is 8.32. The molecule has 3 heterocycles. The zero-order valence-corrected chi connectivity index (χ0v) is 13.7. The summed E-state index contributed by atoms with van der Waals surface area (Å²) in [5.41, 5.74) is 1.71. The first-order valence-electron chi connectivity index (χ1n) is 7.44. The number of pyridine rings is 1. The van der Waals surface area contributed by atoms with E-state index in [0.717, 1.165) is 10.9 Å². The summed E-state index contributed by atoms with van der Waals surface area (Å²) in [5.74, 6) is 0.137. The molecular weight excluding hydrogens is 336 g/mol. The lowest BCUT2D eigenvalue weighted by molar-refractivity contribution is 0.102. The lowest BCUT2D eigenvalue weighted by atomic mass is 10.2. The molecule has 0 fully saturated rings. The molecule has 4 rings (SSSR count). The third kappa shape index (κ3) is 3.29. The zero-order chi connectivity index (χ0) is 17.1. The van der Waals surface area contributed by atoms with Gasteiger partial charge in [0.25, 0.3) is 5.91 Å². The molecule has 0 aliphatic heterocycles. The fourth-order valence-corrected chi connectivity index (χ4v) is 2.97. The number of carbonyl (C=O) groups excluding carboxylic acids is 1. The molecule has 1 aromatic carbocycles. The van der Waals surface area contributed by atoms with E-state index in [1.165, 1.54) is 11.3 Å². The third-order valence-corrected chi connectivity index (χ3v) is 4.16. The van der Waals surface area contributed by atoms with Crippen molar-refractivity contribution in [2.75, 3.05) is 10.6 Å². The number of hydrogen-bond acceptors (Lipinski definition) is 7. The third-order valence-electron chi connectivity index (χ3n) is 3.40. The van der Waals surface area contributed by atoms with E-state index in [1.54, 1.807) is 30.0 Å². The molecule has 1 amide bonds. The average molecular weight is 348 g/mol. The van der Waals surface area contributed by atoms with Crippen LogP contribution in [0.2, 0.25) is 0 Å². The van der Waals surface area contributed by atoms with Gasteiger partial charge in [-0.3, -0.25) is 9.78 Å². The first-order chi connectivity index (χ1) is 12.3. The van der Waals surface area contributed by atoms with Crippen LogP contribution in [-0.4, -0.2) is 25.8 Å². The molecule has 25 heavy (non-hydrogen) atoms. The molecule has 0 unspecified atom stereocenters. The van der Waals surface area contributed by atoms with Crippen LogP contribution in [0.5, 0.6) is 0 Å². The number of carbonyl (C=O) groups is 1. The van der Waals surface area contributed by atoms with Crippen molar-refractivity contribution in [3.8, 4) is 0 Å². The molecule has 0 aliphatic rings. The Morgan fingerprint density at radius 1 is 0.960 bits per heavy atom. The molecular formula is C17H12N6OS. The quantitative estimate of drug-likeness (QED) is 0.586.